The molecule has 172 valence electrons. The molecule has 9 heteroatoms. The number of carbonyl (C=O) groups excluding carboxylic acids is 3. The van der Waals surface area contributed by atoms with E-state index in [1.165, 1.54) is 30.0 Å². The molecule has 0 aliphatic heterocycles. The molecule has 0 spiro atoms. The second-order valence-corrected chi connectivity index (χ2v) is 9.52. The number of hydrogen-bond donors (Lipinski definition) is 3. The number of thiazole rings is 1. The second-order valence-electron chi connectivity index (χ2n) is 7.67. The highest BCUT2D eigenvalue weighted by Gasteiger charge is 2.15. The summed E-state index contributed by atoms with van der Waals surface area (Å²) in [5.41, 5.74) is 5.82. The number of anilines is 3. The lowest BCUT2D eigenvalue weighted by atomic mass is 9.99. The van der Waals surface area contributed by atoms with E-state index < -0.39 is 0 Å². The van der Waals surface area contributed by atoms with Crippen LogP contribution in [0.2, 0.25) is 0 Å². The summed E-state index contributed by atoms with van der Waals surface area (Å²) in [6.45, 7) is 7.32. The summed E-state index contributed by atoms with van der Waals surface area (Å²) < 4.78 is 0. The van der Waals surface area contributed by atoms with Crippen LogP contribution in [0.25, 0.3) is 0 Å². The van der Waals surface area contributed by atoms with Gasteiger partial charge in [0.25, 0.3) is 5.91 Å². The molecule has 33 heavy (non-hydrogen) atoms. The predicted molar refractivity (Wildman–Crippen MR) is 136 cm³/mol. The molecule has 0 fully saturated rings. The van der Waals surface area contributed by atoms with Crippen molar-refractivity contribution in [1.29, 1.82) is 0 Å². The molecule has 3 N–H and O–H groups in total. The summed E-state index contributed by atoms with van der Waals surface area (Å²) in [7, 11) is 0. The zero-order valence-electron chi connectivity index (χ0n) is 18.9. The van der Waals surface area contributed by atoms with E-state index in [2.05, 4.69) is 20.9 Å². The maximum atomic E-state index is 12.7. The van der Waals surface area contributed by atoms with E-state index in [-0.39, 0.29) is 23.5 Å². The van der Waals surface area contributed by atoms with Crippen molar-refractivity contribution in [2.45, 2.75) is 33.4 Å². The number of amides is 3. The Labute approximate surface area is 201 Å². The summed E-state index contributed by atoms with van der Waals surface area (Å²) in [6, 6.07) is 10.9. The number of carbonyl (C=O) groups is 3. The van der Waals surface area contributed by atoms with Gasteiger partial charge in [0.2, 0.25) is 11.8 Å². The van der Waals surface area contributed by atoms with Crippen molar-refractivity contribution in [2.24, 2.45) is 0 Å². The van der Waals surface area contributed by atoms with E-state index in [1.807, 2.05) is 38.3 Å². The number of nitrogens with one attached hydrogen (secondary N) is 3. The largest absolute Gasteiger partial charge is 0.326 e. The normalized spacial score (nSPS) is 10.5. The lowest BCUT2D eigenvalue weighted by Gasteiger charge is -2.10. The summed E-state index contributed by atoms with van der Waals surface area (Å²) in [4.78, 5) is 40.4. The topological polar surface area (TPSA) is 100 Å². The van der Waals surface area contributed by atoms with E-state index in [9.17, 15) is 14.4 Å². The minimum atomic E-state index is -0.164. The summed E-state index contributed by atoms with van der Waals surface area (Å²) in [5.74, 6) is 0.398. The van der Waals surface area contributed by atoms with Crippen LogP contribution in [0.5, 0.6) is 0 Å². The fourth-order valence-corrected chi connectivity index (χ4v) is 4.94. The molecule has 1 heterocycles. The van der Waals surface area contributed by atoms with Gasteiger partial charge in [-0.1, -0.05) is 17.7 Å². The zero-order valence-corrected chi connectivity index (χ0v) is 20.6. The van der Waals surface area contributed by atoms with Crippen LogP contribution in [0.3, 0.4) is 0 Å². The van der Waals surface area contributed by atoms with Gasteiger partial charge in [-0.25, -0.2) is 4.98 Å². The number of benzene rings is 2. The molecule has 0 aliphatic carbocycles. The van der Waals surface area contributed by atoms with Crippen LogP contribution in [0.4, 0.5) is 16.5 Å². The summed E-state index contributed by atoms with van der Waals surface area (Å²) in [5, 5.41) is 10.8. The Morgan fingerprint density at radius 1 is 0.939 bits per heavy atom. The maximum Gasteiger partial charge on any atom is 0.257 e. The highest BCUT2D eigenvalue weighted by molar-refractivity contribution is 7.99. The smallest absolute Gasteiger partial charge is 0.257 e. The van der Waals surface area contributed by atoms with Crippen molar-refractivity contribution in [3.8, 4) is 0 Å². The standard InChI is InChI=1S/C24H26N4O3S2/c1-14-9-15(2)22(16(3)10-14)23(31)28-24-27-20(12-33-24)11-32-13-21(30)26-19-7-5-18(6-8-19)25-17(4)29/h5-10,12H,11,13H2,1-4H3,(H,25,29)(H,26,30)(H,27,28,31). The number of nitrogens with zero attached hydrogens (tertiary/aromatic N) is 1. The third kappa shape index (κ3) is 7.16. The molecule has 0 atom stereocenters. The fourth-order valence-electron chi connectivity index (χ4n) is 3.41. The van der Waals surface area contributed by atoms with Crippen LogP contribution < -0.4 is 16.0 Å². The Morgan fingerprint density at radius 3 is 2.15 bits per heavy atom. The van der Waals surface area contributed by atoms with Gasteiger partial charge in [-0.2, -0.15) is 0 Å². The Kier molecular flexibility index (Phi) is 8.24. The molecule has 1 aromatic heterocycles. The van der Waals surface area contributed by atoms with Crippen LogP contribution in [0.1, 0.15) is 39.7 Å². The lowest BCUT2D eigenvalue weighted by molar-refractivity contribution is -0.114. The minimum Gasteiger partial charge on any atom is -0.326 e. The molecule has 0 radical (unpaired) electrons. The molecule has 2 aromatic carbocycles. The highest BCUT2D eigenvalue weighted by Crippen LogP contribution is 2.23. The van der Waals surface area contributed by atoms with Crippen molar-refractivity contribution in [3.05, 3.63) is 69.7 Å². The first-order valence-electron chi connectivity index (χ1n) is 10.3. The number of aromatic nitrogens is 1. The first-order chi connectivity index (χ1) is 15.7. The van der Waals surface area contributed by atoms with E-state index in [0.29, 0.717) is 27.8 Å². The van der Waals surface area contributed by atoms with Gasteiger partial charge in [-0.05, 0) is 56.2 Å². The zero-order chi connectivity index (χ0) is 24.0. The fraction of sp³-hybridized carbons (Fsp3) is 0.250. The molecule has 0 unspecified atom stereocenters. The first kappa shape index (κ1) is 24.5. The van der Waals surface area contributed by atoms with Gasteiger partial charge in [-0.3, -0.25) is 19.7 Å². The van der Waals surface area contributed by atoms with Crippen molar-refractivity contribution < 1.29 is 14.4 Å². The highest BCUT2D eigenvalue weighted by atomic mass is 32.2. The third-order valence-corrected chi connectivity index (χ3v) is 6.42. The van der Waals surface area contributed by atoms with Gasteiger partial charge < -0.3 is 10.6 Å². The van der Waals surface area contributed by atoms with Crippen LogP contribution in [0, 0.1) is 20.8 Å². The molecular formula is C24H26N4O3S2. The molecule has 3 amide bonds. The first-order valence-corrected chi connectivity index (χ1v) is 12.3. The number of hydrogen-bond acceptors (Lipinski definition) is 6. The summed E-state index contributed by atoms with van der Waals surface area (Å²) >= 11 is 2.81. The minimum absolute atomic E-state index is 0.124. The number of rotatable bonds is 8. The van der Waals surface area contributed by atoms with Gasteiger partial charge in [0.15, 0.2) is 5.13 Å². The Balaban J connectivity index is 1.47. The Hall–Kier alpha value is -3.17. The molecule has 3 aromatic rings. The third-order valence-electron chi connectivity index (χ3n) is 4.65. The van der Waals surface area contributed by atoms with Gasteiger partial charge >= 0.3 is 0 Å². The van der Waals surface area contributed by atoms with Crippen molar-refractivity contribution >= 4 is 57.3 Å². The van der Waals surface area contributed by atoms with E-state index in [1.54, 1.807) is 24.3 Å². The number of aryl methyl sites for hydroxylation is 3. The van der Waals surface area contributed by atoms with Gasteiger partial charge in [-0.15, -0.1) is 23.1 Å². The van der Waals surface area contributed by atoms with Gasteiger partial charge in [0.1, 0.15) is 0 Å². The molecule has 0 saturated carbocycles. The summed E-state index contributed by atoms with van der Waals surface area (Å²) in [6.07, 6.45) is 0. The molecule has 7 nitrogen and oxygen atoms in total. The van der Waals surface area contributed by atoms with Crippen molar-refractivity contribution in [3.63, 3.8) is 0 Å². The Morgan fingerprint density at radius 2 is 1.55 bits per heavy atom. The average molecular weight is 483 g/mol. The molecule has 0 saturated heterocycles. The van der Waals surface area contributed by atoms with Crippen LogP contribution in [0.15, 0.2) is 41.8 Å². The molecule has 3 rings (SSSR count). The van der Waals surface area contributed by atoms with E-state index in [4.69, 9.17) is 0 Å². The molecule has 0 aliphatic rings. The quantitative estimate of drug-likeness (QED) is 0.412. The van der Waals surface area contributed by atoms with Crippen molar-refractivity contribution in [1.82, 2.24) is 4.98 Å². The van der Waals surface area contributed by atoms with E-state index >= 15 is 0 Å². The lowest BCUT2D eigenvalue weighted by Crippen LogP contribution is -2.15. The Bertz CT molecular complexity index is 1150. The van der Waals surface area contributed by atoms with Crippen LogP contribution in [-0.2, 0) is 15.3 Å². The van der Waals surface area contributed by atoms with Crippen LogP contribution >= 0.6 is 23.1 Å². The molecule has 0 bridgehead atoms. The van der Waals surface area contributed by atoms with Gasteiger partial charge in [0, 0.05) is 35.0 Å². The predicted octanol–water partition coefficient (Wildman–Crippen LogP) is 5.15. The van der Waals surface area contributed by atoms with Gasteiger partial charge in [0.05, 0.1) is 11.4 Å². The SMILES string of the molecule is CC(=O)Nc1ccc(NC(=O)CSCc2csc(NC(=O)c3c(C)cc(C)cc3C)n2)cc1. The average Bonchev–Trinajstić information content (AvgIpc) is 3.15. The molecular weight excluding hydrogens is 456 g/mol. The van der Waals surface area contributed by atoms with E-state index in [0.717, 1.165) is 22.4 Å². The van der Waals surface area contributed by atoms with Crippen molar-refractivity contribution in [2.75, 3.05) is 21.7 Å². The second kappa shape index (κ2) is 11.1. The number of thioether (sulfide) groups is 1. The monoisotopic (exact) mass is 482 g/mol. The van der Waals surface area contributed by atoms with Crippen LogP contribution in [-0.4, -0.2) is 28.5 Å². The maximum absolute atomic E-state index is 12.7.